The zero-order valence-electron chi connectivity index (χ0n) is 8.81. The number of aromatic nitrogens is 1. The van der Waals surface area contributed by atoms with E-state index in [4.69, 9.17) is 22.3 Å². The Labute approximate surface area is 122 Å². The Kier molecular flexibility index (Phi) is 3.87. The van der Waals surface area contributed by atoms with Crippen molar-refractivity contribution in [3.05, 3.63) is 21.9 Å². The highest BCUT2D eigenvalue weighted by Crippen LogP contribution is 2.32. The monoisotopic (exact) mass is 372 g/mol. The van der Waals surface area contributed by atoms with E-state index in [1.807, 2.05) is 0 Å². The van der Waals surface area contributed by atoms with Gasteiger partial charge in [-0.2, -0.15) is 0 Å². The van der Waals surface area contributed by atoms with Gasteiger partial charge in [0.2, 0.25) is 15.0 Å². The van der Waals surface area contributed by atoms with Crippen LogP contribution in [0.4, 0.5) is 5.69 Å². The first kappa shape index (κ1) is 14.0. The summed E-state index contributed by atoms with van der Waals surface area (Å²) < 4.78 is 23.1. The SMILES string of the molecule is O=C1CC(S(=O)(=O)Cl)CN1c1cc(Br)cnc1Cl. The van der Waals surface area contributed by atoms with Crippen molar-refractivity contribution in [2.24, 2.45) is 0 Å². The van der Waals surface area contributed by atoms with Crippen LogP contribution in [0.25, 0.3) is 0 Å². The summed E-state index contributed by atoms with van der Waals surface area (Å²) >= 11 is 9.11. The number of nitrogens with zero attached hydrogens (tertiary/aromatic N) is 2. The van der Waals surface area contributed by atoms with Crippen molar-refractivity contribution >= 4 is 58.9 Å². The molecule has 0 spiro atoms. The quantitative estimate of drug-likeness (QED) is 0.588. The van der Waals surface area contributed by atoms with E-state index in [0.717, 1.165) is 0 Å². The second kappa shape index (κ2) is 4.96. The third-order valence-corrected chi connectivity index (χ3v) is 5.16. The summed E-state index contributed by atoms with van der Waals surface area (Å²) in [4.78, 5) is 17.0. The molecule has 1 atom stereocenters. The number of hydrogen-bond donors (Lipinski definition) is 0. The second-order valence-corrected chi connectivity index (χ2v) is 7.95. The van der Waals surface area contributed by atoms with Crippen molar-refractivity contribution in [1.82, 2.24) is 4.98 Å². The summed E-state index contributed by atoms with van der Waals surface area (Å²) in [6, 6.07) is 1.61. The van der Waals surface area contributed by atoms with E-state index >= 15 is 0 Å². The molecule has 0 aromatic carbocycles. The second-order valence-electron chi connectivity index (χ2n) is 3.77. The van der Waals surface area contributed by atoms with Gasteiger partial charge in [-0.05, 0) is 22.0 Å². The lowest BCUT2D eigenvalue weighted by molar-refractivity contribution is -0.117. The number of pyridine rings is 1. The molecule has 9 heteroatoms. The molecule has 1 fully saturated rings. The highest BCUT2D eigenvalue weighted by molar-refractivity contribution is 9.10. The number of carbonyl (C=O) groups is 1. The molecule has 0 bridgehead atoms. The summed E-state index contributed by atoms with van der Waals surface area (Å²) in [6.45, 7) is -0.0114. The van der Waals surface area contributed by atoms with Gasteiger partial charge in [0.15, 0.2) is 5.15 Å². The van der Waals surface area contributed by atoms with Crippen molar-refractivity contribution in [2.75, 3.05) is 11.4 Å². The Morgan fingerprint density at radius 3 is 2.72 bits per heavy atom. The molecular weight excluding hydrogens is 367 g/mol. The van der Waals surface area contributed by atoms with E-state index in [0.29, 0.717) is 10.2 Å². The largest absolute Gasteiger partial charge is 0.308 e. The van der Waals surface area contributed by atoms with Crippen molar-refractivity contribution in [2.45, 2.75) is 11.7 Å². The maximum absolute atomic E-state index is 11.8. The molecule has 0 aliphatic carbocycles. The van der Waals surface area contributed by atoms with Gasteiger partial charge in [0, 0.05) is 34.3 Å². The van der Waals surface area contributed by atoms with Gasteiger partial charge >= 0.3 is 0 Å². The third-order valence-electron chi connectivity index (χ3n) is 2.57. The highest BCUT2D eigenvalue weighted by Gasteiger charge is 2.38. The zero-order valence-corrected chi connectivity index (χ0v) is 12.7. The molecule has 1 unspecified atom stereocenters. The van der Waals surface area contributed by atoms with Crippen LogP contribution in [0.3, 0.4) is 0 Å². The van der Waals surface area contributed by atoms with Crippen LogP contribution < -0.4 is 4.90 Å². The van der Waals surface area contributed by atoms with E-state index in [-0.39, 0.29) is 24.0 Å². The van der Waals surface area contributed by atoms with E-state index in [1.165, 1.54) is 11.1 Å². The number of halogens is 3. The third kappa shape index (κ3) is 2.79. The molecule has 1 aromatic heterocycles. The zero-order chi connectivity index (χ0) is 13.5. The van der Waals surface area contributed by atoms with Gasteiger partial charge < -0.3 is 4.90 Å². The summed E-state index contributed by atoms with van der Waals surface area (Å²) in [6.07, 6.45) is 1.34. The molecule has 1 aliphatic heterocycles. The van der Waals surface area contributed by atoms with Gasteiger partial charge in [0.1, 0.15) is 5.25 Å². The van der Waals surface area contributed by atoms with E-state index < -0.39 is 14.3 Å². The number of amides is 1. The number of carbonyl (C=O) groups excluding carboxylic acids is 1. The topological polar surface area (TPSA) is 67.3 Å². The number of rotatable bonds is 2. The summed E-state index contributed by atoms with van der Waals surface area (Å²) in [7, 11) is 1.50. The van der Waals surface area contributed by atoms with Gasteiger partial charge in [0.25, 0.3) is 0 Å². The molecular formula is C9H7BrCl2N2O3S. The predicted molar refractivity (Wildman–Crippen MR) is 72.5 cm³/mol. The minimum Gasteiger partial charge on any atom is -0.308 e. The molecule has 0 saturated carbocycles. The fourth-order valence-electron chi connectivity index (χ4n) is 1.70. The predicted octanol–water partition coefficient (Wildman–Crippen LogP) is 2.17. The van der Waals surface area contributed by atoms with Crippen LogP contribution in [0.1, 0.15) is 6.42 Å². The van der Waals surface area contributed by atoms with E-state index in [1.54, 1.807) is 6.07 Å². The lowest BCUT2D eigenvalue weighted by Gasteiger charge is -2.17. The minimum atomic E-state index is -3.76. The van der Waals surface area contributed by atoms with E-state index in [9.17, 15) is 13.2 Å². The highest BCUT2D eigenvalue weighted by atomic mass is 79.9. The molecule has 0 N–H and O–H groups in total. The van der Waals surface area contributed by atoms with Gasteiger partial charge in [-0.25, -0.2) is 13.4 Å². The molecule has 1 aromatic rings. The van der Waals surface area contributed by atoms with Crippen LogP contribution in [-0.2, 0) is 13.8 Å². The smallest absolute Gasteiger partial charge is 0.237 e. The molecule has 1 amide bonds. The number of hydrogen-bond acceptors (Lipinski definition) is 4. The molecule has 2 heterocycles. The Morgan fingerprint density at radius 2 is 2.17 bits per heavy atom. The van der Waals surface area contributed by atoms with Crippen molar-refractivity contribution in [1.29, 1.82) is 0 Å². The van der Waals surface area contributed by atoms with Crippen molar-refractivity contribution < 1.29 is 13.2 Å². The first-order chi connectivity index (χ1) is 8.29. The molecule has 2 rings (SSSR count). The fourth-order valence-corrected chi connectivity index (χ4v) is 3.25. The van der Waals surface area contributed by atoms with Crippen LogP contribution >= 0.6 is 38.2 Å². The summed E-state index contributed by atoms with van der Waals surface area (Å²) in [5.41, 5.74) is 0.374. The Morgan fingerprint density at radius 1 is 1.50 bits per heavy atom. The van der Waals surface area contributed by atoms with Crippen molar-refractivity contribution in [3.8, 4) is 0 Å². The summed E-state index contributed by atoms with van der Waals surface area (Å²) in [5, 5.41) is -0.777. The van der Waals surface area contributed by atoms with E-state index in [2.05, 4.69) is 20.9 Å². The lowest BCUT2D eigenvalue weighted by atomic mass is 10.4. The van der Waals surface area contributed by atoms with Crippen LogP contribution in [0.15, 0.2) is 16.7 Å². The maximum Gasteiger partial charge on any atom is 0.237 e. The minimum absolute atomic E-state index is 0.0114. The van der Waals surface area contributed by atoms with Crippen molar-refractivity contribution in [3.63, 3.8) is 0 Å². The Balaban J connectivity index is 2.35. The van der Waals surface area contributed by atoms with Gasteiger partial charge in [-0.3, -0.25) is 4.79 Å². The first-order valence-electron chi connectivity index (χ1n) is 4.84. The van der Waals surface area contributed by atoms with Gasteiger partial charge in [-0.15, -0.1) is 0 Å². The number of anilines is 1. The Hall–Kier alpha value is -0.370. The van der Waals surface area contributed by atoms with Crippen LogP contribution in [-0.4, -0.2) is 31.1 Å². The Bertz CT molecular complexity index is 608. The van der Waals surface area contributed by atoms with Crippen LogP contribution in [0.2, 0.25) is 5.15 Å². The normalized spacial score (nSPS) is 20.5. The lowest BCUT2D eigenvalue weighted by Crippen LogP contribution is -2.27. The average Bonchev–Trinajstić information content (AvgIpc) is 2.64. The molecule has 18 heavy (non-hydrogen) atoms. The fraction of sp³-hybridized carbons (Fsp3) is 0.333. The van der Waals surface area contributed by atoms with Crippen LogP contribution in [0.5, 0.6) is 0 Å². The maximum atomic E-state index is 11.8. The molecule has 98 valence electrons. The molecule has 0 radical (unpaired) electrons. The summed E-state index contributed by atoms with van der Waals surface area (Å²) in [5.74, 6) is -0.342. The average molecular weight is 374 g/mol. The molecule has 1 aliphatic rings. The molecule has 1 saturated heterocycles. The van der Waals surface area contributed by atoms with Crippen LogP contribution in [0, 0.1) is 0 Å². The molecule has 5 nitrogen and oxygen atoms in total. The van der Waals surface area contributed by atoms with Gasteiger partial charge in [-0.1, -0.05) is 11.6 Å². The standard InChI is InChI=1S/C9H7BrCl2N2O3S/c10-5-1-7(9(11)13-3-5)14-4-6(2-8(14)15)18(12,16)17/h1,3,6H,2,4H2. The first-order valence-corrected chi connectivity index (χ1v) is 8.38. The van der Waals surface area contributed by atoms with Gasteiger partial charge in [0.05, 0.1) is 5.69 Å².